The number of aliphatic hydroxyl groups is 2. The molecule has 2 atom stereocenters. The summed E-state index contributed by atoms with van der Waals surface area (Å²) in [7, 11) is 0. The van der Waals surface area contributed by atoms with Crippen LogP contribution in [0.2, 0.25) is 0 Å². The van der Waals surface area contributed by atoms with Gasteiger partial charge in [0, 0.05) is 10.8 Å². The lowest BCUT2D eigenvalue weighted by molar-refractivity contribution is 0.0456. The number of aliphatic hydroxyl groups excluding tert-OH is 2. The van der Waals surface area contributed by atoms with Crippen LogP contribution in [0.3, 0.4) is 0 Å². The highest BCUT2D eigenvalue weighted by Crippen LogP contribution is 2.54. The molecule has 0 spiro atoms. The van der Waals surface area contributed by atoms with Gasteiger partial charge in [-0.2, -0.15) is 0 Å². The van der Waals surface area contributed by atoms with E-state index in [0.29, 0.717) is 36.2 Å². The molecular formula is C14H14O6S2. The minimum absolute atomic E-state index is 0.0938. The van der Waals surface area contributed by atoms with Crippen LogP contribution in [-0.4, -0.2) is 48.8 Å². The number of hydrogen-bond acceptors (Lipinski definition) is 8. The van der Waals surface area contributed by atoms with Crippen LogP contribution in [0.15, 0.2) is 10.8 Å². The summed E-state index contributed by atoms with van der Waals surface area (Å²) in [5.74, 6) is 2.63. The van der Waals surface area contributed by atoms with Gasteiger partial charge in [-0.1, -0.05) is 0 Å². The maximum atomic E-state index is 9.26. The summed E-state index contributed by atoms with van der Waals surface area (Å²) in [6.07, 6.45) is -0.724. The van der Waals surface area contributed by atoms with Gasteiger partial charge >= 0.3 is 0 Å². The highest BCUT2D eigenvalue weighted by molar-refractivity contribution is 7.21. The van der Waals surface area contributed by atoms with Crippen LogP contribution in [0.25, 0.3) is 9.75 Å². The highest BCUT2D eigenvalue weighted by Gasteiger charge is 2.31. The Hall–Kier alpha value is -1.48. The summed E-state index contributed by atoms with van der Waals surface area (Å²) >= 11 is 3.00. The molecule has 0 amide bonds. The van der Waals surface area contributed by atoms with E-state index in [1.54, 1.807) is 0 Å². The summed E-state index contributed by atoms with van der Waals surface area (Å²) in [5, 5.41) is 22.3. The number of fused-ring (bicyclic) bond motifs is 2. The van der Waals surface area contributed by atoms with Crippen molar-refractivity contribution in [1.82, 2.24) is 0 Å². The van der Waals surface area contributed by atoms with Gasteiger partial charge in [-0.3, -0.25) is 0 Å². The quantitative estimate of drug-likeness (QED) is 0.885. The summed E-state index contributed by atoms with van der Waals surface area (Å²) in [5.41, 5.74) is 0. The molecule has 0 fully saturated rings. The third-order valence-electron chi connectivity index (χ3n) is 3.46. The Balaban J connectivity index is 1.72. The molecule has 2 N–H and O–H groups in total. The van der Waals surface area contributed by atoms with Crippen molar-refractivity contribution in [3.8, 4) is 32.8 Å². The van der Waals surface area contributed by atoms with E-state index in [1.807, 2.05) is 10.8 Å². The van der Waals surface area contributed by atoms with E-state index >= 15 is 0 Å². The van der Waals surface area contributed by atoms with E-state index < -0.39 is 0 Å². The third kappa shape index (κ3) is 2.23. The van der Waals surface area contributed by atoms with Crippen molar-refractivity contribution in [1.29, 1.82) is 0 Å². The number of thiophene rings is 2. The zero-order valence-electron chi connectivity index (χ0n) is 11.5. The molecule has 4 heterocycles. The van der Waals surface area contributed by atoms with Crippen molar-refractivity contribution in [2.45, 2.75) is 12.2 Å². The number of ether oxygens (including phenoxy) is 4. The maximum Gasteiger partial charge on any atom is 0.181 e. The number of rotatable bonds is 3. The first-order chi connectivity index (χ1) is 10.8. The Morgan fingerprint density at radius 1 is 0.864 bits per heavy atom. The van der Waals surface area contributed by atoms with Crippen LogP contribution in [0.4, 0.5) is 0 Å². The van der Waals surface area contributed by atoms with Crippen LogP contribution in [0, 0.1) is 0 Å². The Morgan fingerprint density at radius 3 is 1.73 bits per heavy atom. The third-order valence-corrected chi connectivity index (χ3v) is 5.50. The summed E-state index contributed by atoms with van der Waals surface area (Å²) in [6.45, 7) is 0.496. The second-order valence-electron chi connectivity index (χ2n) is 4.98. The molecule has 2 aromatic heterocycles. The molecule has 0 saturated heterocycles. The molecule has 0 aromatic carbocycles. The van der Waals surface area contributed by atoms with Crippen LogP contribution in [0.1, 0.15) is 0 Å². The van der Waals surface area contributed by atoms with Gasteiger partial charge in [0.15, 0.2) is 35.2 Å². The van der Waals surface area contributed by atoms with Crippen molar-refractivity contribution in [2.24, 2.45) is 0 Å². The van der Waals surface area contributed by atoms with Crippen LogP contribution in [0.5, 0.6) is 23.0 Å². The zero-order chi connectivity index (χ0) is 15.1. The lowest BCUT2D eigenvalue weighted by Crippen LogP contribution is -2.32. The molecule has 0 saturated carbocycles. The molecule has 0 aliphatic carbocycles. The van der Waals surface area contributed by atoms with Crippen molar-refractivity contribution in [3.63, 3.8) is 0 Å². The normalized spacial score (nSPS) is 22.6. The van der Waals surface area contributed by atoms with Gasteiger partial charge in [0.05, 0.1) is 23.0 Å². The predicted octanol–water partition coefficient (Wildman–Crippen LogP) is 1.74. The minimum Gasteiger partial charge on any atom is -0.485 e. The second-order valence-corrected chi connectivity index (χ2v) is 6.74. The van der Waals surface area contributed by atoms with Gasteiger partial charge in [-0.05, 0) is 0 Å². The van der Waals surface area contributed by atoms with E-state index in [2.05, 4.69) is 0 Å². The molecule has 6 nitrogen and oxygen atoms in total. The standard InChI is InChI=1S/C14H14O6S2/c15-1-7-3-17-9-5-21-13(11(9)19-7)14-12-10(6-22-14)18-4-8(2-16)20-12/h5-8,15-16H,1-4H2. The smallest absolute Gasteiger partial charge is 0.181 e. The van der Waals surface area contributed by atoms with E-state index in [9.17, 15) is 10.2 Å². The number of hydrogen-bond donors (Lipinski definition) is 2. The molecule has 0 bridgehead atoms. The molecule has 2 aromatic rings. The fraction of sp³-hybridized carbons (Fsp3) is 0.429. The summed E-state index contributed by atoms with van der Waals surface area (Å²) in [6, 6.07) is 0. The Morgan fingerprint density at radius 2 is 1.32 bits per heavy atom. The minimum atomic E-state index is -0.362. The predicted molar refractivity (Wildman–Crippen MR) is 81.6 cm³/mol. The first kappa shape index (κ1) is 14.1. The largest absolute Gasteiger partial charge is 0.485 e. The molecule has 8 heteroatoms. The monoisotopic (exact) mass is 342 g/mol. The van der Waals surface area contributed by atoms with Crippen LogP contribution < -0.4 is 18.9 Å². The SMILES string of the molecule is OCC1COc2csc(-c3scc4c3OC(CO)CO4)c2O1. The van der Waals surface area contributed by atoms with E-state index in [1.165, 1.54) is 22.7 Å². The Bertz CT molecular complexity index is 621. The molecular weight excluding hydrogens is 328 g/mol. The first-order valence-electron chi connectivity index (χ1n) is 6.84. The molecule has 4 rings (SSSR count). The summed E-state index contributed by atoms with van der Waals surface area (Å²) < 4.78 is 22.9. The van der Waals surface area contributed by atoms with Gasteiger partial charge in [-0.25, -0.2) is 0 Å². The average Bonchev–Trinajstić information content (AvgIpc) is 3.16. The first-order valence-corrected chi connectivity index (χ1v) is 8.60. The van der Waals surface area contributed by atoms with Crippen molar-refractivity contribution < 1.29 is 29.2 Å². The highest BCUT2D eigenvalue weighted by atomic mass is 32.1. The lowest BCUT2D eigenvalue weighted by Gasteiger charge is -2.25. The van der Waals surface area contributed by atoms with Gasteiger partial charge < -0.3 is 29.2 Å². The topological polar surface area (TPSA) is 77.4 Å². The van der Waals surface area contributed by atoms with Gasteiger partial charge in [0.25, 0.3) is 0 Å². The molecule has 2 aliphatic heterocycles. The molecule has 2 aliphatic rings. The van der Waals surface area contributed by atoms with E-state index in [4.69, 9.17) is 18.9 Å². The Labute approximate surface area is 134 Å². The van der Waals surface area contributed by atoms with Gasteiger partial charge in [0.1, 0.15) is 13.2 Å². The summed E-state index contributed by atoms with van der Waals surface area (Å²) in [4.78, 5) is 1.78. The van der Waals surface area contributed by atoms with Crippen molar-refractivity contribution >= 4 is 22.7 Å². The van der Waals surface area contributed by atoms with Crippen LogP contribution in [-0.2, 0) is 0 Å². The van der Waals surface area contributed by atoms with E-state index in [0.717, 1.165) is 9.75 Å². The fourth-order valence-electron chi connectivity index (χ4n) is 2.35. The molecule has 2 unspecified atom stereocenters. The second kappa shape index (κ2) is 5.62. The molecule has 0 radical (unpaired) electrons. The van der Waals surface area contributed by atoms with Crippen molar-refractivity contribution in [2.75, 3.05) is 26.4 Å². The maximum absolute atomic E-state index is 9.26. The van der Waals surface area contributed by atoms with Gasteiger partial charge in [0.2, 0.25) is 0 Å². The average molecular weight is 342 g/mol. The molecule has 22 heavy (non-hydrogen) atoms. The van der Waals surface area contributed by atoms with Crippen molar-refractivity contribution in [3.05, 3.63) is 10.8 Å². The van der Waals surface area contributed by atoms with Gasteiger partial charge in [-0.15, -0.1) is 22.7 Å². The Kier molecular flexibility index (Phi) is 3.61. The van der Waals surface area contributed by atoms with Crippen LogP contribution >= 0.6 is 22.7 Å². The molecule has 118 valence electrons. The zero-order valence-corrected chi connectivity index (χ0v) is 13.1. The lowest BCUT2D eigenvalue weighted by atomic mass is 10.2. The fourth-order valence-corrected chi connectivity index (χ4v) is 4.34. The van der Waals surface area contributed by atoms with E-state index in [-0.39, 0.29) is 25.4 Å².